The van der Waals surface area contributed by atoms with Gasteiger partial charge in [-0.15, -0.1) is 0 Å². The molecule has 2 heterocycles. The lowest BCUT2D eigenvalue weighted by Gasteiger charge is -2.17. The molecule has 0 bridgehead atoms. The molecule has 3 rings (SSSR count). The molecule has 0 spiro atoms. The number of nitrogens with one attached hydrogen (secondary N) is 1. The maximum atomic E-state index is 11.3. The largest absolute Gasteiger partial charge is 0.386 e. The molecule has 0 unspecified atom stereocenters. The molecular weight excluding hydrogens is 330 g/mol. The van der Waals surface area contributed by atoms with Crippen molar-refractivity contribution in [1.29, 1.82) is 5.26 Å². The molecule has 1 aromatic carbocycles. The first-order valence-electron chi connectivity index (χ1n) is 7.88. The van der Waals surface area contributed by atoms with Gasteiger partial charge in [0.2, 0.25) is 0 Å². The Balaban J connectivity index is 2.06. The molecule has 1 amide bonds. The lowest BCUT2D eigenvalue weighted by Crippen LogP contribution is -2.14. The van der Waals surface area contributed by atoms with Gasteiger partial charge in [-0.3, -0.25) is 4.79 Å². The van der Waals surface area contributed by atoms with Gasteiger partial charge in [-0.25, -0.2) is 9.97 Å². The van der Waals surface area contributed by atoms with Crippen LogP contribution in [0.15, 0.2) is 42.2 Å². The minimum Gasteiger partial charge on any atom is -0.386 e. The van der Waals surface area contributed by atoms with Crippen LogP contribution in [-0.4, -0.2) is 26.0 Å². The van der Waals surface area contributed by atoms with Crippen LogP contribution in [-0.2, 0) is 10.4 Å². The maximum absolute atomic E-state index is 11.3. The number of primary amides is 1. The molecule has 0 atom stereocenters. The first-order chi connectivity index (χ1) is 12.3. The Morgan fingerprint density at radius 3 is 2.62 bits per heavy atom. The van der Waals surface area contributed by atoms with Crippen LogP contribution in [0.4, 0.5) is 0 Å². The van der Waals surface area contributed by atoms with Crippen molar-refractivity contribution in [3.63, 3.8) is 0 Å². The normalized spacial score (nSPS) is 12.2. The number of aromatic nitrogens is 3. The Bertz CT molecular complexity index is 1050. The van der Waals surface area contributed by atoms with E-state index in [1.54, 1.807) is 32.3 Å². The fourth-order valence-electron chi connectivity index (χ4n) is 2.52. The first-order valence-corrected chi connectivity index (χ1v) is 7.88. The van der Waals surface area contributed by atoms with E-state index in [-0.39, 0.29) is 5.57 Å². The van der Waals surface area contributed by atoms with Crippen molar-refractivity contribution in [2.75, 3.05) is 0 Å². The molecule has 4 N–H and O–H groups in total. The summed E-state index contributed by atoms with van der Waals surface area (Å²) >= 11 is 0. The number of amides is 1. The molecule has 0 fully saturated rings. The summed E-state index contributed by atoms with van der Waals surface area (Å²) < 4.78 is 0. The first kappa shape index (κ1) is 17.3. The Morgan fingerprint density at radius 2 is 2.04 bits per heavy atom. The standard InChI is InChI=1S/C19H17N5O2/c1-19(2,26)14-5-3-11(4-6-14)15-10-23-18-16(24-15)13(9-22-18)7-12(8-20)17(21)25/h3-7,9-10,26H,1-2H3,(H2,21,25)(H,22,23)/b12-7+. The molecule has 130 valence electrons. The average Bonchev–Trinajstić information content (AvgIpc) is 3.00. The number of hydrogen-bond donors (Lipinski definition) is 3. The number of carbonyl (C=O) groups is 1. The van der Waals surface area contributed by atoms with E-state index in [0.717, 1.165) is 11.1 Å². The van der Waals surface area contributed by atoms with E-state index in [1.165, 1.54) is 6.08 Å². The van der Waals surface area contributed by atoms with Gasteiger partial charge in [0.05, 0.1) is 17.5 Å². The third-order valence-corrected chi connectivity index (χ3v) is 3.98. The number of hydrogen-bond acceptors (Lipinski definition) is 5. The molecule has 0 aliphatic carbocycles. The van der Waals surface area contributed by atoms with Crippen molar-refractivity contribution >= 4 is 23.1 Å². The highest BCUT2D eigenvalue weighted by Crippen LogP contribution is 2.25. The topological polar surface area (TPSA) is 129 Å². The zero-order chi connectivity index (χ0) is 18.9. The van der Waals surface area contributed by atoms with Crippen molar-refractivity contribution in [1.82, 2.24) is 15.0 Å². The van der Waals surface area contributed by atoms with E-state index in [9.17, 15) is 9.90 Å². The Labute approximate surface area is 149 Å². The molecule has 2 aromatic heterocycles. The van der Waals surface area contributed by atoms with Gasteiger partial charge in [0.25, 0.3) is 5.91 Å². The number of carbonyl (C=O) groups excluding carboxylic acids is 1. The number of aromatic amines is 1. The summed E-state index contributed by atoms with van der Waals surface area (Å²) in [5, 5.41) is 19.1. The van der Waals surface area contributed by atoms with E-state index < -0.39 is 11.5 Å². The molecule has 26 heavy (non-hydrogen) atoms. The second kappa shape index (κ2) is 6.43. The summed E-state index contributed by atoms with van der Waals surface area (Å²) in [6.07, 6.45) is 4.63. The van der Waals surface area contributed by atoms with Crippen LogP contribution < -0.4 is 5.73 Å². The van der Waals surface area contributed by atoms with Crippen LogP contribution in [0, 0.1) is 11.3 Å². The van der Waals surface area contributed by atoms with E-state index in [0.29, 0.717) is 22.4 Å². The SMILES string of the molecule is CC(C)(O)c1ccc(-c2cnc3[nH]cc(/C=C(\C#N)C(N)=O)c3n2)cc1. The van der Waals surface area contributed by atoms with Gasteiger partial charge in [0.1, 0.15) is 17.2 Å². The van der Waals surface area contributed by atoms with Crippen LogP contribution in [0.25, 0.3) is 28.5 Å². The molecule has 0 saturated carbocycles. The lowest BCUT2D eigenvalue weighted by atomic mass is 9.97. The Hall–Kier alpha value is -3.50. The number of nitrogens with zero attached hydrogens (tertiary/aromatic N) is 3. The zero-order valence-electron chi connectivity index (χ0n) is 14.3. The summed E-state index contributed by atoms with van der Waals surface area (Å²) in [5.41, 5.74) is 7.98. The van der Waals surface area contributed by atoms with E-state index in [2.05, 4.69) is 15.0 Å². The lowest BCUT2D eigenvalue weighted by molar-refractivity contribution is -0.114. The van der Waals surface area contributed by atoms with Gasteiger partial charge >= 0.3 is 0 Å². The van der Waals surface area contributed by atoms with Gasteiger partial charge in [-0.05, 0) is 25.5 Å². The summed E-state index contributed by atoms with van der Waals surface area (Å²) in [6.45, 7) is 3.44. The van der Waals surface area contributed by atoms with Gasteiger partial charge in [-0.1, -0.05) is 24.3 Å². The number of aliphatic hydroxyl groups is 1. The number of nitriles is 1. The molecule has 0 radical (unpaired) electrons. The summed E-state index contributed by atoms with van der Waals surface area (Å²) in [7, 11) is 0. The van der Waals surface area contributed by atoms with Crippen molar-refractivity contribution in [3.8, 4) is 17.3 Å². The van der Waals surface area contributed by atoms with Crippen LogP contribution >= 0.6 is 0 Å². The highest BCUT2D eigenvalue weighted by Gasteiger charge is 2.16. The quantitative estimate of drug-likeness (QED) is 0.492. The third kappa shape index (κ3) is 3.31. The monoisotopic (exact) mass is 347 g/mol. The smallest absolute Gasteiger partial charge is 0.259 e. The second-order valence-electron chi connectivity index (χ2n) is 6.37. The molecule has 3 aromatic rings. The van der Waals surface area contributed by atoms with Crippen molar-refractivity contribution in [2.24, 2.45) is 5.73 Å². The van der Waals surface area contributed by atoms with Crippen LogP contribution in [0.5, 0.6) is 0 Å². The number of H-pyrrole nitrogens is 1. The van der Waals surface area contributed by atoms with E-state index in [4.69, 9.17) is 11.0 Å². The van der Waals surface area contributed by atoms with Crippen LogP contribution in [0.3, 0.4) is 0 Å². The molecule has 0 aliphatic heterocycles. The zero-order valence-corrected chi connectivity index (χ0v) is 14.3. The second-order valence-corrected chi connectivity index (χ2v) is 6.37. The molecule has 0 aliphatic rings. The Kier molecular flexibility index (Phi) is 4.28. The average molecular weight is 347 g/mol. The summed E-state index contributed by atoms with van der Waals surface area (Å²) in [4.78, 5) is 23.1. The minimum absolute atomic E-state index is 0.160. The van der Waals surface area contributed by atoms with Gasteiger partial charge in [0.15, 0.2) is 5.65 Å². The molecular formula is C19H17N5O2. The van der Waals surface area contributed by atoms with Crippen LogP contribution in [0.1, 0.15) is 25.0 Å². The highest BCUT2D eigenvalue weighted by atomic mass is 16.3. The number of rotatable bonds is 4. The summed E-state index contributed by atoms with van der Waals surface area (Å²) in [5.74, 6) is -0.798. The van der Waals surface area contributed by atoms with E-state index >= 15 is 0 Å². The maximum Gasteiger partial charge on any atom is 0.259 e. The fraction of sp³-hybridized carbons (Fsp3) is 0.158. The molecule has 7 heteroatoms. The van der Waals surface area contributed by atoms with Crippen LogP contribution in [0.2, 0.25) is 0 Å². The Morgan fingerprint density at radius 1 is 1.35 bits per heavy atom. The van der Waals surface area contributed by atoms with Gasteiger partial charge in [-0.2, -0.15) is 5.26 Å². The van der Waals surface area contributed by atoms with Crippen molar-refractivity contribution in [2.45, 2.75) is 19.4 Å². The fourth-order valence-corrected chi connectivity index (χ4v) is 2.52. The molecule has 0 saturated heterocycles. The number of benzene rings is 1. The molecule has 7 nitrogen and oxygen atoms in total. The third-order valence-electron chi connectivity index (χ3n) is 3.98. The van der Waals surface area contributed by atoms with Crippen molar-refractivity contribution in [3.05, 3.63) is 53.4 Å². The van der Waals surface area contributed by atoms with Gasteiger partial charge < -0.3 is 15.8 Å². The highest BCUT2D eigenvalue weighted by molar-refractivity contribution is 6.02. The van der Waals surface area contributed by atoms with E-state index in [1.807, 2.05) is 24.3 Å². The van der Waals surface area contributed by atoms with Gasteiger partial charge in [0, 0.05) is 17.3 Å². The number of fused-ring (bicyclic) bond motifs is 1. The minimum atomic E-state index is -0.921. The summed E-state index contributed by atoms with van der Waals surface area (Å²) in [6, 6.07) is 9.15. The van der Waals surface area contributed by atoms with Crippen molar-refractivity contribution < 1.29 is 9.90 Å². The predicted octanol–water partition coefficient (Wildman–Crippen LogP) is 2.24. The predicted molar refractivity (Wildman–Crippen MR) is 97.4 cm³/mol. The number of nitrogens with two attached hydrogens (primary N) is 1.